The van der Waals surface area contributed by atoms with Gasteiger partial charge in [-0.05, 0) is 32.0 Å². The van der Waals surface area contributed by atoms with Gasteiger partial charge in [0.25, 0.3) is 10.1 Å². The highest BCUT2D eigenvalue weighted by molar-refractivity contribution is 7.86. The first-order valence-electron chi connectivity index (χ1n) is 9.30. The molecule has 2 aliphatic heterocycles. The topological polar surface area (TPSA) is 120 Å². The number of hydrogen-bond acceptors (Lipinski definition) is 8. The van der Waals surface area contributed by atoms with Crippen molar-refractivity contribution in [3.63, 3.8) is 0 Å². The van der Waals surface area contributed by atoms with Crippen LogP contribution >= 0.6 is 0 Å². The zero-order valence-electron chi connectivity index (χ0n) is 16.7. The third kappa shape index (κ3) is 4.53. The number of carbonyl (C=O) groups excluding carboxylic acids is 1. The van der Waals surface area contributed by atoms with Crippen LogP contribution in [0.25, 0.3) is 0 Å². The average Bonchev–Trinajstić information content (AvgIpc) is 2.62. The number of hydrogen-bond donors (Lipinski definition) is 1. The number of benzene rings is 1. The van der Waals surface area contributed by atoms with Gasteiger partial charge in [0.15, 0.2) is 0 Å². The van der Waals surface area contributed by atoms with Gasteiger partial charge in [-0.15, -0.1) is 0 Å². The van der Waals surface area contributed by atoms with E-state index in [2.05, 4.69) is 6.07 Å². The Morgan fingerprint density at radius 1 is 1.38 bits per heavy atom. The third-order valence-electron chi connectivity index (χ3n) is 5.17. The van der Waals surface area contributed by atoms with Gasteiger partial charge >= 0.3 is 0 Å². The van der Waals surface area contributed by atoms with Crippen LogP contribution in [0.15, 0.2) is 18.2 Å². The zero-order chi connectivity index (χ0) is 21.4. The van der Waals surface area contributed by atoms with Crippen LogP contribution in [0.1, 0.15) is 31.0 Å². The minimum atomic E-state index is -3.85. The average molecular weight is 423 g/mol. The van der Waals surface area contributed by atoms with Crippen molar-refractivity contribution in [2.24, 2.45) is 0 Å². The molecule has 0 aromatic heterocycles. The minimum Gasteiger partial charge on any atom is -0.485 e. The Morgan fingerprint density at radius 3 is 2.69 bits per heavy atom. The van der Waals surface area contributed by atoms with Gasteiger partial charge in [-0.1, -0.05) is 0 Å². The van der Waals surface area contributed by atoms with Crippen LogP contribution in [0.5, 0.6) is 5.75 Å². The highest BCUT2D eigenvalue weighted by Gasteiger charge is 2.50. The lowest BCUT2D eigenvalue weighted by Crippen LogP contribution is -2.60. The Balaban J connectivity index is 2.08. The molecule has 1 aromatic carbocycles. The molecule has 158 valence electrons. The van der Waals surface area contributed by atoms with Crippen molar-refractivity contribution in [2.75, 3.05) is 39.0 Å². The zero-order valence-corrected chi connectivity index (χ0v) is 17.5. The van der Waals surface area contributed by atoms with Crippen LogP contribution in [-0.4, -0.2) is 80.0 Å². The number of ether oxygens (including phenoxy) is 1. The predicted octanol–water partition coefficient (Wildman–Crippen LogP) is 0.252. The van der Waals surface area contributed by atoms with Crippen molar-refractivity contribution in [1.29, 1.82) is 5.26 Å². The van der Waals surface area contributed by atoms with Crippen LogP contribution in [0.2, 0.25) is 0 Å². The minimum absolute atomic E-state index is 0.0498. The van der Waals surface area contributed by atoms with Gasteiger partial charge < -0.3 is 14.7 Å². The Hall–Kier alpha value is -2.19. The lowest BCUT2D eigenvalue weighted by Gasteiger charge is -2.49. The maximum Gasteiger partial charge on any atom is 0.264 e. The second-order valence-electron chi connectivity index (χ2n) is 7.82. The number of aliphatic hydroxyl groups excluding tert-OH is 1. The van der Waals surface area contributed by atoms with E-state index in [1.807, 2.05) is 4.90 Å². The van der Waals surface area contributed by atoms with Crippen LogP contribution in [0.4, 0.5) is 0 Å². The first-order chi connectivity index (χ1) is 13.6. The van der Waals surface area contributed by atoms with Crippen molar-refractivity contribution in [3.8, 4) is 11.8 Å². The molecule has 1 fully saturated rings. The van der Waals surface area contributed by atoms with E-state index in [0.717, 1.165) is 6.26 Å². The highest BCUT2D eigenvalue weighted by Crippen LogP contribution is 2.45. The fourth-order valence-corrected chi connectivity index (χ4v) is 4.59. The molecule has 0 saturated carbocycles. The molecular weight excluding hydrogens is 398 g/mol. The summed E-state index contributed by atoms with van der Waals surface area (Å²) in [6.45, 7) is 4.73. The van der Waals surface area contributed by atoms with E-state index in [9.17, 15) is 18.5 Å². The molecule has 0 aliphatic carbocycles. The second-order valence-corrected chi connectivity index (χ2v) is 9.42. The van der Waals surface area contributed by atoms with Crippen LogP contribution in [-0.2, 0) is 19.1 Å². The summed E-state index contributed by atoms with van der Waals surface area (Å²) in [5.41, 5.74) is -0.125. The summed E-state index contributed by atoms with van der Waals surface area (Å²) in [4.78, 5) is 16.4. The molecule has 2 heterocycles. The molecule has 0 spiro atoms. The van der Waals surface area contributed by atoms with Crippen LogP contribution < -0.4 is 4.74 Å². The molecule has 1 N–H and O–H groups in total. The molecule has 3 rings (SSSR count). The number of β-amino-alcohol motifs (C(OH)–C–C–N with tert-alkyl or cyclic N) is 1. The second kappa shape index (κ2) is 7.91. The van der Waals surface area contributed by atoms with Gasteiger partial charge in [0.2, 0.25) is 5.91 Å². The van der Waals surface area contributed by atoms with Crippen LogP contribution in [0.3, 0.4) is 0 Å². The van der Waals surface area contributed by atoms with Crippen molar-refractivity contribution in [3.05, 3.63) is 29.3 Å². The standard InChI is InChI=1S/C19H25N3O6S/c1-19(2)18(28-29(3,25)26)17(14-10-13(11-20)4-5-15(14)27-19)22-7-6-21(8-9-23)12-16(22)24/h4-5,10,17-18,23H,6-9,12H2,1-3H3/t17-,18+/m1/s1. The Labute approximate surface area is 170 Å². The molecule has 1 amide bonds. The quantitative estimate of drug-likeness (QED) is 0.670. The normalized spacial score (nSPS) is 24.5. The lowest BCUT2D eigenvalue weighted by atomic mass is 9.84. The van der Waals surface area contributed by atoms with Gasteiger partial charge in [-0.3, -0.25) is 13.9 Å². The summed E-state index contributed by atoms with van der Waals surface area (Å²) in [5, 5.41) is 18.5. The summed E-state index contributed by atoms with van der Waals surface area (Å²) in [6.07, 6.45) is -0.0326. The molecule has 1 saturated heterocycles. The summed E-state index contributed by atoms with van der Waals surface area (Å²) < 4.78 is 35.4. The molecule has 0 radical (unpaired) electrons. The van der Waals surface area contributed by atoms with Gasteiger partial charge in [0.1, 0.15) is 17.5 Å². The molecule has 2 atom stereocenters. The number of fused-ring (bicyclic) bond motifs is 1. The van der Waals surface area contributed by atoms with E-state index in [0.29, 0.717) is 36.5 Å². The third-order valence-corrected chi connectivity index (χ3v) is 5.73. The van der Waals surface area contributed by atoms with Gasteiger partial charge in [-0.25, -0.2) is 0 Å². The van der Waals surface area contributed by atoms with E-state index in [1.54, 1.807) is 36.9 Å². The Morgan fingerprint density at radius 2 is 2.10 bits per heavy atom. The van der Waals surface area contributed by atoms with Crippen LogP contribution in [0, 0.1) is 11.3 Å². The lowest BCUT2D eigenvalue weighted by molar-refractivity contribution is -0.148. The molecule has 2 aliphatic rings. The van der Waals surface area contributed by atoms with Gasteiger partial charge in [-0.2, -0.15) is 13.7 Å². The predicted molar refractivity (Wildman–Crippen MR) is 104 cm³/mol. The van der Waals surface area contributed by atoms with E-state index in [-0.39, 0.29) is 19.1 Å². The van der Waals surface area contributed by atoms with E-state index in [4.69, 9.17) is 14.0 Å². The monoisotopic (exact) mass is 423 g/mol. The highest BCUT2D eigenvalue weighted by atomic mass is 32.2. The molecule has 1 aromatic rings. The first-order valence-corrected chi connectivity index (χ1v) is 11.1. The number of amides is 1. The largest absolute Gasteiger partial charge is 0.485 e. The summed E-state index contributed by atoms with van der Waals surface area (Å²) in [7, 11) is -3.85. The number of nitriles is 1. The molecule has 0 bridgehead atoms. The molecule has 9 nitrogen and oxygen atoms in total. The van der Waals surface area contributed by atoms with Gasteiger partial charge in [0.05, 0.1) is 37.1 Å². The summed E-state index contributed by atoms with van der Waals surface area (Å²) >= 11 is 0. The molecular formula is C19H25N3O6S. The number of nitrogens with zero attached hydrogens (tertiary/aromatic N) is 3. The summed E-state index contributed by atoms with van der Waals surface area (Å²) in [6, 6.07) is 6.22. The number of piperazine rings is 1. The number of carbonyl (C=O) groups is 1. The van der Waals surface area contributed by atoms with Crippen molar-refractivity contribution >= 4 is 16.0 Å². The molecule has 10 heteroatoms. The molecule has 29 heavy (non-hydrogen) atoms. The molecule has 0 unspecified atom stereocenters. The maximum atomic E-state index is 13.0. The maximum absolute atomic E-state index is 13.0. The fraction of sp³-hybridized carbons (Fsp3) is 0.579. The Bertz CT molecular complexity index is 940. The Kier molecular flexibility index (Phi) is 5.87. The van der Waals surface area contributed by atoms with Crippen molar-refractivity contribution in [1.82, 2.24) is 9.80 Å². The first kappa shape index (κ1) is 21.5. The number of rotatable bonds is 5. The fourth-order valence-electron chi connectivity index (χ4n) is 3.88. The summed E-state index contributed by atoms with van der Waals surface area (Å²) in [5.74, 6) is 0.278. The van der Waals surface area contributed by atoms with Crippen molar-refractivity contribution < 1.29 is 27.2 Å². The van der Waals surface area contributed by atoms with Gasteiger partial charge in [0, 0.05) is 25.2 Å². The smallest absolute Gasteiger partial charge is 0.264 e. The van der Waals surface area contributed by atoms with E-state index in [1.165, 1.54) is 0 Å². The van der Waals surface area contributed by atoms with Crippen molar-refractivity contribution in [2.45, 2.75) is 31.6 Å². The number of aliphatic hydroxyl groups is 1. The van der Waals surface area contributed by atoms with E-state index >= 15 is 0 Å². The SMILES string of the molecule is CC1(C)Oc2ccc(C#N)cc2[C@@H](N2CCN(CCO)CC2=O)[C@@H]1OS(C)(=O)=O. The van der Waals surface area contributed by atoms with E-state index < -0.39 is 27.9 Å².